The van der Waals surface area contributed by atoms with Gasteiger partial charge in [0.15, 0.2) is 0 Å². The maximum atomic E-state index is 11.5. The van der Waals surface area contributed by atoms with Crippen molar-refractivity contribution >= 4 is 6.09 Å². The number of carbonyl (C=O) groups excluding carboxylic acids is 1. The summed E-state index contributed by atoms with van der Waals surface area (Å²) >= 11 is 0. The molecule has 5 nitrogen and oxygen atoms in total. The van der Waals surface area contributed by atoms with Gasteiger partial charge in [-0.15, -0.1) is 0 Å². The number of ether oxygens (including phenoxy) is 1. The van der Waals surface area contributed by atoms with Crippen LogP contribution in [0.4, 0.5) is 4.79 Å². The van der Waals surface area contributed by atoms with Gasteiger partial charge in [-0.05, 0) is 46.8 Å². The first-order chi connectivity index (χ1) is 8.78. The normalized spacial score (nSPS) is 14.8. The lowest BCUT2D eigenvalue weighted by Gasteiger charge is -2.22. The van der Waals surface area contributed by atoms with Gasteiger partial charge in [0.05, 0.1) is 12.3 Å². The van der Waals surface area contributed by atoms with Gasteiger partial charge in [-0.3, -0.25) is 0 Å². The van der Waals surface area contributed by atoms with Crippen LogP contribution in [0, 0.1) is 0 Å². The van der Waals surface area contributed by atoms with Crippen LogP contribution in [-0.2, 0) is 4.74 Å². The molecule has 0 aliphatic carbocycles. The van der Waals surface area contributed by atoms with Crippen molar-refractivity contribution in [2.75, 3.05) is 6.54 Å². The average Bonchev–Trinajstić information content (AvgIpc) is 2.77. The summed E-state index contributed by atoms with van der Waals surface area (Å²) in [7, 11) is 0. The minimum Gasteiger partial charge on any atom is -0.468 e. The molecule has 0 saturated carbocycles. The first-order valence-corrected chi connectivity index (χ1v) is 6.54. The Bertz CT molecular complexity index is 382. The maximum Gasteiger partial charge on any atom is 0.407 e. The zero-order valence-electron chi connectivity index (χ0n) is 12.3. The molecule has 0 aliphatic rings. The highest BCUT2D eigenvalue weighted by Crippen LogP contribution is 2.12. The molecule has 0 spiro atoms. The monoisotopic (exact) mass is 268 g/mol. The van der Waals surface area contributed by atoms with Crippen LogP contribution in [0.5, 0.6) is 0 Å². The Kier molecular flexibility index (Phi) is 5.42. The fraction of sp³-hybridized carbons (Fsp3) is 0.643. The van der Waals surface area contributed by atoms with E-state index in [0.29, 0.717) is 6.54 Å². The number of hydrogen-bond donors (Lipinski definition) is 2. The molecule has 1 amide bonds. The highest BCUT2D eigenvalue weighted by Gasteiger charge is 2.17. The fourth-order valence-corrected chi connectivity index (χ4v) is 1.66. The molecule has 0 bridgehead atoms. The lowest BCUT2D eigenvalue weighted by Crippen LogP contribution is -2.41. The molecule has 2 N–H and O–H groups in total. The molecular formula is C14H24N2O3. The van der Waals surface area contributed by atoms with Gasteiger partial charge in [0.25, 0.3) is 0 Å². The molecule has 1 rings (SSSR count). The van der Waals surface area contributed by atoms with Crippen LogP contribution in [-0.4, -0.2) is 24.3 Å². The molecule has 0 saturated heterocycles. The van der Waals surface area contributed by atoms with E-state index in [1.165, 1.54) is 0 Å². The Balaban J connectivity index is 2.28. The molecule has 19 heavy (non-hydrogen) atoms. The van der Waals surface area contributed by atoms with Crippen molar-refractivity contribution in [3.8, 4) is 0 Å². The van der Waals surface area contributed by atoms with Gasteiger partial charge in [0.2, 0.25) is 0 Å². The Morgan fingerprint density at radius 3 is 2.63 bits per heavy atom. The molecular weight excluding hydrogens is 244 g/mol. The topological polar surface area (TPSA) is 63.5 Å². The maximum absolute atomic E-state index is 11.5. The number of alkyl carbamates (subject to hydrolysis) is 1. The van der Waals surface area contributed by atoms with E-state index in [4.69, 9.17) is 9.15 Å². The average molecular weight is 268 g/mol. The second-order valence-electron chi connectivity index (χ2n) is 5.69. The molecule has 0 aromatic carbocycles. The van der Waals surface area contributed by atoms with Crippen molar-refractivity contribution in [2.24, 2.45) is 0 Å². The molecule has 1 aromatic heterocycles. The standard InChI is InChI=1S/C14H24N2O3/c1-10(9-15-13(17)19-14(3,4)5)16-11(2)12-7-6-8-18-12/h6-8,10-11,16H,9H2,1-5H3,(H,15,17)/t10?,11-/m0/s1. The summed E-state index contributed by atoms with van der Waals surface area (Å²) in [6, 6.07) is 4.00. The number of carbonyl (C=O) groups is 1. The Labute approximate surface area is 114 Å². The minimum atomic E-state index is -0.470. The van der Waals surface area contributed by atoms with Gasteiger partial charge in [-0.2, -0.15) is 0 Å². The molecule has 0 aliphatic heterocycles. The summed E-state index contributed by atoms with van der Waals surface area (Å²) in [5.41, 5.74) is -0.470. The summed E-state index contributed by atoms with van der Waals surface area (Å²) in [6.45, 7) is 10.0. The van der Waals surface area contributed by atoms with Gasteiger partial charge < -0.3 is 19.8 Å². The second kappa shape index (κ2) is 6.61. The zero-order valence-corrected chi connectivity index (χ0v) is 12.3. The molecule has 5 heteroatoms. The van der Waals surface area contributed by atoms with E-state index in [1.54, 1.807) is 6.26 Å². The van der Waals surface area contributed by atoms with E-state index < -0.39 is 11.7 Å². The smallest absolute Gasteiger partial charge is 0.407 e. The van der Waals surface area contributed by atoms with Crippen molar-refractivity contribution in [1.29, 1.82) is 0 Å². The van der Waals surface area contributed by atoms with Crippen molar-refractivity contribution in [3.05, 3.63) is 24.2 Å². The van der Waals surface area contributed by atoms with Crippen molar-refractivity contribution < 1.29 is 13.9 Å². The van der Waals surface area contributed by atoms with Gasteiger partial charge in [0.1, 0.15) is 11.4 Å². The van der Waals surface area contributed by atoms with Crippen LogP contribution in [0.3, 0.4) is 0 Å². The molecule has 108 valence electrons. The van der Waals surface area contributed by atoms with Crippen molar-refractivity contribution in [3.63, 3.8) is 0 Å². The number of rotatable bonds is 5. The van der Waals surface area contributed by atoms with E-state index in [0.717, 1.165) is 5.76 Å². The predicted octanol–water partition coefficient (Wildman–Crippen LogP) is 2.84. The predicted molar refractivity (Wildman–Crippen MR) is 74.0 cm³/mol. The fourth-order valence-electron chi connectivity index (χ4n) is 1.66. The van der Waals surface area contributed by atoms with E-state index >= 15 is 0 Å². The van der Waals surface area contributed by atoms with Crippen molar-refractivity contribution in [1.82, 2.24) is 10.6 Å². The lowest BCUT2D eigenvalue weighted by molar-refractivity contribution is 0.0522. The van der Waals surface area contributed by atoms with Crippen LogP contribution in [0.25, 0.3) is 0 Å². The molecule has 0 fully saturated rings. The number of hydrogen-bond acceptors (Lipinski definition) is 4. The summed E-state index contributed by atoms with van der Waals surface area (Å²) in [5, 5.41) is 6.07. The molecule has 2 atom stereocenters. The SMILES string of the molecule is CC(CNC(=O)OC(C)(C)C)N[C@@H](C)c1ccco1. The van der Waals surface area contributed by atoms with Crippen LogP contribution < -0.4 is 10.6 Å². The summed E-state index contributed by atoms with van der Waals surface area (Å²) in [6.07, 6.45) is 1.25. The summed E-state index contributed by atoms with van der Waals surface area (Å²) < 4.78 is 10.5. The molecule has 0 radical (unpaired) electrons. The summed E-state index contributed by atoms with van der Waals surface area (Å²) in [5.74, 6) is 0.879. The Morgan fingerprint density at radius 2 is 2.11 bits per heavy atom. The highest BCUT2D eigenvalue weighted by atomic mass is 16.6. The van der Waals surface area contributed by atoms with E-state index in [9.17, 15) is 4.79 Å². The summed E-state index contributed by atoms with van der Waals surface area (Å²) in [4.78, 5) is 11.5. The van der Waals surface area contributed by atoms with Gasteiger partial charge in [-0.1, -0.05) is 0 Å². The van der Waals surface area contributed by atoms with E-state index in [-0.39, 0.29) is 12.1 Å². The minimum absolute atomic E-state index is 0.102. The second-order valence-corrected chi connectivity index (χ2v) is 5.69. The van der Waals surface area contributed by atoms with Gasteiger partial charge in [-0.25, -0.2) is 4.79 Å². The number of furan rings is 1. The first-order valence-electron chi connectivity index (χ1n) is 6.54. The van der Waals surface area contributed by atoms with Crippen LogP contribution in [0.15, 0.2) is 22.8 Å². The quantitative estimate of drug-likeness (QED) is 0.862. The van der Waals surface area contributed by atoms with Crippen LogP contribution in [0.2, 0.25) is 0 Å². The number of amides is 1. The number of nitrogens with one attached hydrogen (secondary N) is 2. The van der Waals surface area contributed by atoms with Gasteiger partial charge in [0, 0.05) is 12.6 Å². The molecule has 1 heterocycles. The van der Waals surface area contributed by atoms with E-state index in [1.807, 2.05) is 46.8 Å². The third-order valence-electron chi connectivity index (χ3n) is 2.46. The van der Waals surface area contributed by atoms with Crippen LogP contribution in [0.1, 0.15) is 46.4 Å². The molecule has 1 unspecified atom stereocenters. The van der Waals surface area contributed by atoms with Crippen molar-refractivity contribution in [2.45, 2.75) is 52.3 Å². The zero-order chi connectivity index (χ0) is 14.5. The molecule has 1 aromatic rings. The Morgan fingerprint density at radius 1 is 1.42 bits per heavy atom. The third-order valence-corrected chi connectivity index (χ3v) is 2.46. The Hall–Kier alpha value is -1.49. The van der Waals surface area contributed by atoms with E-state index in [2.05, 4.69) is 10.6 Å². The highest BCUT2D eigenvalue weighted by molar-refractivity contribution is 5.67. The van der Waals surface area contributed by atoms with Gasteiger partial charge >= 0.3 is 6.09 Å². The lowest BCUT2D eigenvalue weighted by atomic mass is 10.2. The van der Waals surface area contributed by atoms with Crippen LogP contribution >= 0.6 is 0 Å². The first kappa shape index (κ1) is 15.6. The third kappa shape index (κ3) is 6.29. The largest absolute Gasteiger partial charge is 0.468 e.